The lowest BCUT2D eigenvalue weighted by Crippen LogP contribution is -2.35. The largest absolute Gasteiger partial charge is 0.370 e. The summed E-state index contributed by atoms with van der Waals surface area (Å²) in [6.45, 7) is 5.83. The van der Waals surface area contributed by atoms with Crippen LogP contribution in [-0.4, -0.2) is 45.6 Å². The number of piperidine rings is 1. The van der Waals surface area contributed by atoms with E-state index in [1.165, 1.54) is 0 Å². The van der Waals surface area contributed by atoms with E-state index in [-0.39, 0.29) is 11.5 Å². The number of aromatic nitrogens is 4. The van der Waals surface area contributed by atoms with Gasteiger partial charge in [-0.1, -0.05) is 6.92 Å². The Balaban J connectivity index is 1.41. The molecule has 0 atom stereocenters. The molecule has 8 nitrogen and oxygen atoms in total. The maximum absolute atomic E-state index is 12.0. The number of anilines is 1. The molecule has 4 rings (SSSR count). The Morgan fingerprint density at radius 2 is 2.07 bits per heavy atom. The Labute approximate surface area is 175 Å². The molecule has 158 valence electrons. The number of pyridine rings is 1. The minimum absolute atomic E-state index is 0.0313. The highest BCUT2D eigenvalue weighted by Gasteiger charge is 2.22. The number of H-pyrrole nitrogens is 1. The van der Waals surface area contributed by atoms with Crippen LogP contribution in [0, 0.1) is 12.8 Å². The van der Waals surface area contributed by atoms with E-state index >= 15 is 0 Å². The summed E-state index contributed by atoms with van der Waals surface area (Å²) in [5, 5.41) is 7.28. The number of nitrogens with zero attached hydrogens (tertiary/aromatic N) is 4. The van der Waals surface area contributed by atoms with Gasteiger partial charge in [0.2, 0.25) is 0 Å². The van der Waals surface area contributed by atoms with Crippen LogP contribution in [0.2, 0.25) is 0 Å². The lowest BCUT2D eigenvalue weighted by atomic mass is 9.92. The maximum Gasteiger partial charge on any atom is 0.269 e. The predicted octanol–water partition coefficient (Wildman–Crippen LogP) is 2.11. The normalized spacial score (nSPS) is 15.0. The van der Waals surface area contributed by atoms with Crippen LogP contribution in [0.1, 0.15) is 47.2 Å². The molecule has 0 spiro atoms. The predicted molar refractivity (Wildman–Crippen MR) is 116 cm³/mol. The summed E-state index contributed by atoms with van der Waals surface area (Å²) < 4.78 is 1.79. The molecule has 1 saturated heterocycles. The van der Waals surface area contributed by atoms with Crippen molar-refractivity contribution in [1.29, 1.82) is 0 Å². The van der Waals surface area contributed by atoms with E-state index < -0.39 is 0 Å². The van der Waals surface area contributed by atoms with E-state index in [0.29, 0.717) is 18.0 Å². The molecule has 0 aliphatic carbocycles. The highest BCUT2D eigenvalue weighted by Crippen LogP contribution is 2.27. The highest BCUT2D eigenvalue weighted by molar-refractivity contribution is 5.92. The summed E-state index contributed by atoms with van der Waals surface area (Å²) in [4.78, 5) is 33.5. The van der Waals surface area contributed by atoms with Crippen molar-refractivity contribution < 1.29 is 4.79 Å². The molecule has 0 aromatic carbocycles. The highest BCUT2D eigenvalue weighted by atomic mass is 16.1. The van der Waals surface area contributed by atoms with Crippen LogP contribution in [0.15, 0.2) is 29.2 Å². The molecule has 1 fully saturated rings. The number of aryl methyl sites for hydroxylation is 2. The molecule has 30 heavy (non-hydrogen) atoms. The zero-order valence-electron chi connectivity index (χ0n) is 17.7. The Bertz CT molecular complexity index is 1120. The molecule has 0 radical (unpaired) electrons. The summed E-state index contributed by atoms with van der Waals surface area (Å²) in [6, 6.07) is 5.77. The van der Waals surface area contributed by atoms with Gasteiger partial charge in [-0.15, -0.1) is 0 Å². The van der Waals surface area contributed by atoms with Gasteiger partial charge in [-0.05, 0) is 50.7 Å². The van der Waals surface area contributed by atoms with Crippen LogP contribution >= 0.6 is 0 Å². The summed E-state index contributed by atoms with van der Waals surface area (Å²) in [5.74, 6) is 0.394. The molecule has 0 unspecified atom stereocenters. The second-order valence-corrected chi connectivity index (χ2v) is 7.94. The van der Waals surface area contributed by atoms with Gasteiger partial charge in [-0.2, -0.15) is 5.10 Å². The zero-order chi connectivity index (χ0) is 21.3. The molecule has 3 aromatic rings. The topological polar surface area (TPSA) is 95.4 Å². The van der Waals surface area contributed by atoms with Crippen LogP contribution in [0.25, 0.3) is 5.65 Å². The second kappa shape index (κ2) is 8.30. The Morgan fingerprint density at radius 3 is 2.73 bits per heavy atom. The third kappa shape index (κ3) is 3.94. The number of carbonyl (C=O) groups excluding carboxylic acids is 1. The first-order valence-corrected chi connectivity index (χ1v) is 10.5. The van der Waals surface area contributed by atoms with Gasteiger partial charge in [0.15, 0.2) is 0 Å². The minimum atomic E-state index is -0.164. The summed E-state index contributed by atoms with van der Waals surface area (Å²) in [6.07, 6.45) is 5.57. The molecular formula is C22H28N6O2. The van der Waals surface area contributed by atoms with Crippen molar-refractivity contribution in [3.8, 4) is 0 Å². The summed E-state index contributed by atoms with van der Waals surface area (Å²) in [5.41, 5.74) is 4.91. The van der Waals surface area contributed by atoms with E-state index in [2.05, 4.69) is 25.3 Å². The molecule has 3 aromatic heterocycles. The average molecular weight is 409 g/mol. The third-order valence-electron chi connectivity index (χ3n) is 5.95. The molecule has 8 heteroatoms. The fourth-order valence-corrected chi connectivity index (χ4v) is 4.21. The number of rotatable bonds is 5. The number of nitrogens with one attached hydrogen (secondary N) is 2. The first kappa shape index (κ1) is 20.1. The number of amides is 1. The quantitative estimate of drug-likeness (QED) is 0.674. The summed E-state index contributed by atoms with van der Waals surface area (Å²) in [7, 11) is 1.61. The monoisotopic (exact) mass is 408 g/mol. The van der Waals surface area contributed by atoms with Crippen molar-refractivity contribution in [3.05, 3.63) is 57.4 Å². The van der Waals surface area contributed by atoms with Crippen LogP contribution in [-0.2, 0) is 12.8 Å². The first-order valence-electron chi connectivity index (χ1n) is 10.5. The van der Waals surface area contributed by atoms with Crippen molar-refractivity contribution in [2.24, 2.45) is 5.92 Å². The van der Waals surface area contributed by atoms with E-state index in [1.807, 2.05) is 32.2 Å². The smallest absolute Gasteiger partial charge is 0.269 e. The molecular weight excluding hydrogens is 380 g/mol. The zero-order valence-corrected chi connectivity index (χ0v) is 17.7. The van der Waals surface area contributed by atoms with Crippen molar-refractivity contribution >= 4 is 17.2 Å². The van der Waals surface area contributed by atoms with Crippen LogP contribution < -0.4 is 15.8 Å². The van der Waals surface area contributed by atoms with E-state index in [9.17, 15) is 9.59 Å². The lowest BCUT2D eigenvalue weighted by Gasteiger charge is -2.34. The molecule has 1 aliphatic heterocycles. The average Bonchev–Trinajstić information content (AvgIpc) is 3.14. The standard InChI is InChI=1S/C22H28N6O2/c1-4-16-13-28-20(25-21(16)29)12-17(26-28)11-15-7-9-27(10-8-15)19-6-5-18(22(30)23-3)24-14(19)2/h5-6,12-13,15H,4,7-11H2,1-3H3,(H,23,30)(H,25,29). The number of fused-ring (bicyclic) bond motifs is 1. The maximum atomic E-state index is 12.0. The molecule has 1 amide bonds. The fourth-order valence-electron chi connectivity index (χ4n) is 4.21. The van der Waals surface area contributed by atoms with Gasteiger partial charge in [-0.3, -0.25) is 9.59 Å². The number of aromatic amines is 1. The van der Waals surface area contributed by atoms with Gasteiger partial charge < -0.3 is 15.2 Å². The number of hydrogen-bond donors (Lipinski definition) is 2. The molecule has 4 heterocycles. The van der Waals surface area contributed by atoms with Crippen LogP contribution in [0.5, 0.6) is 0 Å². The molecule has 0 saturated carbocycles. The van der Waals surface area contributed by atoms with Gasteiger partial charge in [0.05, 0.1) is 17.1 Å². The third-order valence-corrected chi connectivity index (χ3v) is 5.95. The molecule has 0 bridgehead atoms. The van der Waals surface area contributed by atoms with Gasteiger partial charge in [0.1, 0.15) is 11.3 Å². The van der Waals surface area contributed by atoms with Crippen molar-refractivity contribution in [1.82, 2.24) is 24.9 Å². The Hall–Kier alpha value is -3.16. The van der Waals surface area contributed by atoms with Gasteiger partial charge in [0.25, 0.3) is 11.5 Å². The molecule has 2 N–H and O–H groups in total. The first-order chi connectivity index (χ1) is 14.5. The van der Waals surface area contributed by atoms with Crippen LogP contribution in [0.4, 0.5) is 5.69 Å². The molecule has 1 aliphatic rings. The van der Waals surface area contributed by atoms with Gasteiger partial charge >= 0.3 is 0 Å². The van der Waals surface area contributed by atoms with Gasteiger partial charge in [-0.25, -0.2) is 9.50 Å². The van der Waals surface area contributed by atoms with E-state index in [1.54, 1.807) is 17.6 Å². The van der Waals surface area contributed by atoms with Gasteiger partial charge in [0, 0.05) is 38.0 Å². The van der Waals surface area contributed by atoms with Crippen molar-refractivity contribution in [2.75, 3.05) is 25.0 Å². The lowest BCUT2D eigenvalue weighted by molar-refractivity contribution is 0.0958. The van der Waals surface area contributed by atoms with E-state index in [0.717, 1.165) is 60.6 Å². The van der Waals surface area contributed by atoms with Crippen LogP contribution in [0.3, 0.4) is 0 Å². The Kier molecular flexibility index (Phi) is 5.57. The van der Waals surface area contributed by atoms with E-state index in [4.69, 9.17) is 0 Å². The number of carbonyl (C=O) groups is 1. The minimum Gasteiger partial charge on any atom is -0.370 e. The van der Waals surface area contributed by atoms with Crippen molar-refractivity contribution in [3.63, 3.8) is 0 Å². The Morgan fingerprint density at radius 1 is 1.30 bits per heavy atom. The second-order valence-electron chi connectivity index (χ2n) is 7.94. The summed E-state index contributed by atoms with van der Waals surface area (Å²) >= 11 is 0. The number of hydrogen-bond acceptors (Lipinski definition) is 5. The fraction of sp³-hybridized carbons (Fsp3) is 0.455. The SMILES string of the molecule is CCc1cn2nc(CC3CCN(c4ccc(C(=O)NC)nc4C)CC3)cc2[nH]c1=O. The van der Waals surface area contributed by atoms with Crippen molar-refractivity contribution in [2.45, 2.75) is 39.5 Å².